The Morgan fingerprint density at radius 2 is 2.26 bits per heavy atom. The fourth-order valence-corrected chi connectivity index (χ4v) is 4.93. The summed E-state index contributed by atoms with van der Waals surface area (Å²) in [6.07, 6.45) is 0.698. The lowest BCUT2D eigenvalue weighted by Gasteiger charge is -2.23. The van der Waals surface area contributed by atoms with E-state index in [-0.39, 0.29) is 10.9 Å². The number of rotatable bonds is 2. The molecule has 0 bridgehead atoms. The van der Waals surface area contributed by atoms with Crippen molar-refractivity contribution < 1.29 is 9.90 Å². The maximum atomic E-state index is 11.4. The first-order valence-corrected chi connectivity index (χ1v) is 8.49. The maximum Gasteiger partial charge on any atom is 0.354 e. The van der Waals surface area contributed by atoms with Crippen LogP contribution in [-0.4, -0.2) is 44.8 Å². The second-order valence-electron chi connectivity index (χ2n) is 4.52. The second-order valence-corrected chi connectivity index (χ2v) is 6.98. The molecule has 2 N–H and O–H groups in total. The van der Waals surface area contributed by atoms with E-state index in [1.165, 1.54) is 0 Å². The van der Waals surface area contributed by atoms with Gasteiger partial charge in [-0.15, -0.1) is 11.8 Å². The van der Waals surface area contributed by atoms with Gasteiger partial charge in [-0.3, -0.25) is 0 Å². The molecule has 0 aromatic carbocycles. The Bertz CT molecular complexity index is 504. The van der Waals surface area contributed by atoms with Crippen LogP contribution in [0, 0.1) is 0 Å². The van der Waals surface area contributed by atoms with Crippen LogP contribution in [0.4, 0.5) is 0 Å². The molecule has 102 valence electrons. The summed E-state index contributed by atoms with van der Waals surface area (Å²) in [5.41, 5.74) is 1.88. The summed E-state index contributed by atoms with van der Waals surface area (Å²) in [6, 6.07) is 0. The number of nitrogens with one attached hydrogen (secondary N) is 1. The lowest BCUT2D eigenvalue weighted by molar-refractivity contribution is 0.0688. The van der Waals surface area contributed by atoms with Gasteiger partial charge >= 0.3 is 5.97 Å². The minimum Gasteiger partial charge on any atom is -0.477 e. The molecule has 2 aliphatic rings. The summed E-state index contributed by atoms with van der Waals surface area (Å²) < 4.78 is 0. The Balaban J connectivity index is 2.00. The lowest BCUT2D eigenvalue weighted by Crippen LogP contribution is -2.29. The number of aromatic nitrogens is 2. The molecule has 7 heteroatoms. The van der Waals surface area contributed by atoms with E-state index >= 15 is 0 Å². The molecule has 1 aromatic rings. The molecule has 2 aliphatic heterocycles. The van der Waals surface area contributed by atoms with Crippen LogP contribution in [0.2, 0.25) is 0 Å². The Hall–Kier alpha value is -0.790. The van der Waals surface area contributed by atoms with Crippen molar-refractivity contribution in [2.24, 2.45) is 0 Å². The van der Waals surface area contributed by atoms with Gasteiger partial charge in [0.1, 0.15) is 5.82 Å². The third-order valence-corrected chi connectivity index (χ3v) is 6.01. The highest BCUT2D eigenvalue weighted by Gasteiger charge is 2.26. The Morgan fingerprint density at radius 3 is 3.00 bits per heavy atom. The highest BCUT2D eigenvalue weighted by atomic mass is 32.2. The van der Waals surface area contributed by atoms with Crippen molar-refractivity contribution in [2.45, 2.75) is 18.2 Å². The van der Waals surface area contributed by atoms with Gasteiger partial charge < -0.3 is 10.4 Å². The predicted molar refractivity (Wildman–Crippen MR) is 76.9 cm³/mol. The number of nitrogens with zero attached hydrogens (tertiary/aromatic N) is 2. The molecule has 1 saturated heterocycles. The molecule has 0 saturated carbocycles. The van der Waals surface area contributed by atoms with Crippen LogP contribution in [0.1, 0.15) is 32.8 Å². The fourth-order valence-electron chi connectivity index (χ4n) is 2.34. The molecule has 5 nitrogen and oxygen atoms in total. The minimum atomic E-state index is -0.935. The number of aromatic carboxylic acids is 1. The van der Waals surface area contributed by atoms with E-state index in [0.717, 1.165) is 35.1 Å². The van der Waals surface area contributed by atoms with E-state index in [1.807, 2.05) is 23.5 Å². The Morgan fingerprint density at radius 1 is 1.37 bits per heavy atom. The molecule has 3 heterocycles. The standard InChI is InChI=1S/C12H15N3O2S2/c16-12(17)10-7-1-2-13-5-8(7)14-11(15-10)9-6-18-3-4-19-9/h9,13H,1-6H2,(H,16,17). The van der Waals surface area contributed by atoms with Gasteiger partial charge in [0.05, 0.1) is 10.9 Å². The molecule has 0 radical (unpaired) electrons. The first kappa shape index (κ1) is 13.2. The van der Waals surface area contributed by atoms with Crippen molar-refractivity contribution in [2.75, 3.05) is 23.8 Å². The molecular formula is C12H15N3O2S2. The van der Waals surface area contributed by atoms with Gasteiger partial charge in [-0.1, -0.05) is 0 Å². The summed E-state index contributed by atoms with van der Waals surface area (Å²) >= 11 is 3.71. The molecule has 1 aromatic heterocycles. The molecule has 0 amide bonds. The van der Waals surface area contributed by atoms with Crippen molar-refractivity contribution in [1.82, 2.24) is 15.3 Å². The third kappa shape index (κ3) is 2.73. The SMILES string of the molecule is O=C(O)c1nc(C2CSCCS2)nc2c1CCNC2. The van der Waals surface area contributed by atoms with E-state index in [0.29, 0.717) is 18.8 Å². The average molecular weight is 297 g/mol. The highest BCUT2D eigenvalue weighted by molar-refractivity contribution is 8.06. The zero-order valence-electron chi connectivity index (χ0n) is 10.4. The third-order valence-electron chi connectivity index (χ3n) is 3.26. The number of carboxylic acids is 1. The summed E-state index contributed by atoms with van der Waals surface area (Å²) in [5, 5.41) is 12.8. The average Bonchev–Trinajstić information content (AvgIpc) is 2.47. The molecule has 0 spiro atoms. The number of thioether (sulfide) groups is 2. The van der Waals surface area contributed by atoms with Crippen molar-refractivity contribution in [1.29, 1.82) is 0 Å². The van der Waals surface area contributed by atoms with Crippen molar-refractivity contribution in [3.8, 4) is 0 Å². The van der Waals surface area contributed by atoms with Crippen LogP contribution in [0.25, 0.3) is 0 Å². The van der Waals surface area contributed by atoms with Gasteiger partial charge in [-0.25, -0.2) is 14.8 Å². The van der Waals surface area contributed by atoms with E-state index in [9.17, 15) is 9.90 Å². The summed E-state index contributed by atoms with van der Waals surface area (Å²) in [4.78, 5) is 20.3. The normalized spacial score (nSPS) is 22.8. The number of fused-ring (bicyclic) bond motifs is 1. The molecular weight excluding hydrogens is 282 g/mol. The van der Waals surface area contributed by atoms with Gasteiger partial charge in [0.15, 0.2) is 5.69 Å². The summed E-state index contributed by atoms with van der Waals surface area (Å²) in [6.45, 7) is 1.44. The van der Waals surface area contributed by atoms with Crippen molar-refractivity contribution >= 4 is 29.5 Å². The summed E-state index contributed by atoms with van der Waals surface area (Å²) in [5.74, 6) is 2.96. The number of carboxylic acid groups (broad SMARTS) is 1. The first-order valence-electron chi connectivity index (χ1n) is 6.29. The van der Waals surface area contributed by atoms with E-state index in [2.05, 4.69) is 15.3 Å². The van der Waals surface area contributed by atoms with Gasteiger partial charge in [0.2, 0.25) is 0 Å². The van der Waals surface area contributed by atoms with Crippen LogP contribution in [0.5, 0.6) is 0 Å². The van der Waals surface area contributed by atoms with Crippen LogP contribution in [-0.2, 0) is 13.0 Å². The highest BCUT2D eigenvalue weighted by Crippen LogP contribution is 2.35. The summed E-state index contributed by atoms with van der Waals surface area (Å²) in [7, 11) is 0. The quantitative estimate of drug-likeness (QED) is 0.853. The Labute approximate surface area is 120 Å². The monoisotopic (exact) mass is 297 g/mol. The number of carbonyl (C=O) groups is 1. The van der Waals surface area contributed by atoms with Crippen molar-refractivity contribution in [3.63, 3.8) is 0 Å². The number of hydrogen-bond donors (Lipinski definition) is 2. The molecule has 0 aliphatic carbocycles. The topological polar surface area (TPSA) is 75.1 Å². The lowest BCUT2D eigenvalue weighted by atomic mass is 10.0. The Kier molecular flexibility index (Phi) is 3.95. The predicted octanol–water partition coefficient (Wildman–Crippen LogP) is 1.34. The second kappa shape index (κ2) is 5.68. The zero-order valence-corrected chi connectivity index (χ0v) is 12.0. The maximum absolute atomic E-state index is 11.4. The van der Waals surface area contributed by atoms with Crippen LogP contribution in [0.3, 0.4) is 0 Å². The van der Waals surface area contributed by atoms with Crippen LogP contribution >= 0.6 is 23.5 Å². The molecule has 19 heavy (non-hydrogen) atoms. The molecule has 1 atom stereocenters. The zero-order chi connectivity index (χ0) is 13.2. The minimum absolute atomic E-state index is 0.206. The van der Waals surface area contributed by atoms with Gasteiger partial charge in [-0.05, 0) is 13.0 Å². The van der Waals surface area contributed by atoms with Crippen molar-refractivity contribution in [3.05, 3.63) is 22.8 Å². The van der Waals surface area contributed by atoms with E-state index in [1.54, 1.807) is 0 Å². The van der Waals surface area contributed by atoms with E-state index in [4.69, 9.17) is 0 Å². The number of hydrogen-bond acceptors (Lipinski definition) is 6. The van der Waals surface area contributed by atoms with E-state index < -0.39 is 5.97 Å². The van der Waals surface area contributed by atoms with Crippen LogP contribution < -0.4 is 5.32 Å². The smallest absolute Gasteiger partial charge is 0.354 e. The van der Waals surface area contributed by atoms with Gasteiger partial charge in [0, 0.05) is 29.4 Å². The largest absolute Gasteiger partial charge is 0.477 e. The molecule has 1 fully saturated rings. The van der Waals surface area contributed by atoms with Gasteiger partial charge in [-0.2, -0.15) is 11.8 Å². The van der Waals surface area contributed by atoms with Crippen LogP contribution in [0.15, 0.2) is 0 Å². The van der Waals surface area contributed by atoms with Gasteiger partial charge in [0.25, 0.3) is 0 Å². The fraction of sp³-hybridized carbons (Fsp3) is 0.583. The first-order chi connectivity index (χ1) is 9.25. The molecule has 3 rings (SSSR count). The molecule has 1 unspecified atom stereocenters.